The lowest BCUT2D eigenvalue weighted by atomic mass is 10.1. The van der Waals surface area contributed by atoms with Gasteiger partial charge >= 0.3 is 0 Å². The second kappa shape index (κ2) is 9.46. The predicted octanol–water partition coefficient (Wildman–Crippen LogP) is 5.71. The summed E-state index contributed by atoms with van der Waals surface area (Å²) in [6.07, 6.45) is 1.67. The molecule has 3 N–H and O–H groups in total. The molecule has 1 saturated carbocycles. The van der Waals surface area contributed by atoms with Crippen LogP contribution in [-0.2, 0) is 4.79 Å². The first-order valence-electron chi connectivity index (χ1n) is 9.56. The number of carbonyl (C=O) groups is 3. The van der Waals surface area contributed by atoms with Gasteiger partial charge in [0.25, 0.3) is 11.8 Å². The van der Waals surface area contributed by atoms with E-state index >= 15 is 0 Å². The first kappa shape index (κ1) is 24.3. The van der Waals surface area contributed by atoms with Gasteiger partial charge in [0, 0.05) is 11.9 Å². The van der Waals surface area contributed by atoms with Crippen LogP contribution < -0.4 is 16.0 Å². The third-order valence-corrected chi connectivity index (χ3v) is 6.77. The molecule has 0 saturated heterocycles. The van der Waals surface area contributed by atoms with Crippen molar-refractivity contribution in [1.82, 2.24) is 4.37 Å². The number of nitrogens with zero attached hydrogens (tertiary/aromatic N) is 1. The fraction of sp³-hybridized carbons (Fsp3) is 0.143. The standard InChI is InChI=1S/C21H13Cl3F2N4O3S/c22-12-2-1-9(28-19(32)11-8-21(11,23)24)7-10(12)18(31)29-14-4-3-13(25)17(16(14)26)30-20(33)15-5-6-27-34-15/h1-7,11H,8H2,(H,28,32)(H,29,31)(H,30,33). The minimum absolute atomic E-state index is 0.0206. The predicted molar refractivity (Wildman–Crippen MR) is 127 cm³/mol. The molecule has 3 amide bonds. The van der Waals surface area contributed by atoms with E-state index in [1.54, 1.807) is 0 Å². The smallest absolute Gasteiger partial charge is 0.267 e. The molecule has 0 spiro atoms. The van der Waals surface area contributed by atoms with E-state index in [0.717, 1.165) is 23.7 Å². The zero-order valence-electron chi connectivity index (χ0n) is 16.8. The van der Waals surface area contributed by atoms with Crippen LogP contribution in [0.5, 0.6) is 0 Å². The summed E-state index contributed by atoms with van der Waals surface area (Å²) in [5.41, 5.74) is -0.980. The highest BCUT2D eigenvalue weighted by Gasteiger charge is 2.56. The van der Waals surface area contributed by atoms with Crippen LogP contribution in [0.25, 0.3) is 0 Å². The van der Waals surface area contributed by atoms with E-state index in [9.17, 15) is 23.2 Å². The van der Waals surface area contributed by atoms with E-state index < -0.39 is 51.0 Å². The maximum Gasteiger partial charge on any atom is 0.267 e. The maximum absolute atomic E-state index is 14.9. The first-order valence-corrected chi connectivity index (χ1v) is 11.5. The Bertz CT molecular complexity index is 1300. The molecule has 0 radical (unpaired) electrons. The van der Waals surface area contributed by atoms with E-state index in [1.165, 1.54) is 30.5 Å². The van der Waals surface area contributed by atoms with Crippen molar-refractivity contribution in [1.29, 1.82) is 0 Å². The first-order chi connectivity index (χ1) is 16.1. The van der Waals surface area contributed by atoms with Crippen molar-refractivity contribution in [2.75, 3.05) is 16.0 Å². The Labute approximate surface area is 210 Å². The number of hydrogen-bond acceptors (Lipinski definition) is 5. The fourth-order valence-electron chi connectivity index (χ4n) is 2.97. The third kappa shape index (κ3) is 5.15. The van der Waals surface area contributed by atoms with Gasteiger partial charge in [-0.05, 0) is 54.4 Å². The second-order valence-corrected chi connectivity index (χ2v) is 10.1. The van der Waals surface area contributed by atoms with E-state index in [4.69, 9.17) is 34.8 Å². The highest BCUT2D eigenvalue weighted by atomic mass is 35.5. The highest BCUT2D eigenvalue weighted by Crippen LogP contribution is 2.53. The van der Waals surface area contributed by atoms with Gasteiger partial charge in [-0.3, -0.25) is 14.4 Å². The molecule has 2 aromatic carbocycles. The van der Waals surface area contributed by atoms with Gasteiger partial charge < -0.3 is 16.0 Å². The highest BCUT2D eigenvalue weighted by molar-refractivity contribution is 7.08. The van der Waals surface area contributed by atoms with Crippen molar-refractivity contribution in [2.45, 2.75) is 10.8 Å². The molecule has 13 heteroatoms. The Morgan fingerprint density at radius 1 is 1.03 bits per heavy atom. The Kier molecular flexibility index (Phi) is 6.77. The molecule has 1 aliphatic rings. The molecule has 0 bridgehead atoms. The third-order valence-electron chi connectivity index (χ3n) is 4.86. The van der Waals surface area contributed by atoms with Crippen LogP contribution in [0.2, 0.25) is 5.02 Å². The van der Waals surface area contributed by atoms with Crippen molar-refractivity contribution in [3.63, 3.8) is 0 Å². The Hall–Kier alpha value is -2.79. The summed E-state index contributed by atoms with van der Waals surface area (Å²) in [5, 5.41) is 7.03. The van der Waals surface area contributed by atoms with Crippen LogP contribution in [-0.4, -0.2) is 26.4 Å². The molecule has 1 fully saturated rings. The number of anilines is 3. The van der Waals surface area contributed by atoms with Gasteiger partial charge in [0.15, 0.2) is 5.82 Å². The van der Waals surface area contributed by atoms with Crippen LogP contribution >= 0.6 is 46.3 Å². The molecule has 1 heterocycles. The van der Waals surface area contributed by atoms with Gasteiger partial charge in [-0.25, -0.2) is 13.2 Å². The summed E-state index contributed by atoms with van der Waals surface area (Å²) >= 11 is 18.7. The van der Waals surface area contributed by atoms with Crippen LogP contribution in [0.4, 0.5) is 25.8 Å². The molecule has 4 rings (SSSR count). The number of rotatable bonds is 6. The van der Waals surface area contributed by atoms with Crippen molar-refractivity contribution < 1.29 is 23.2 Å². The van der Waals surface area contributed by atoms with E-state index in [1.807, 2.05) is 0 Å². The fourth-order valence-corrected chi connectivity index (χ4v) is 4.17. The van der Waals surface area contributed by atoms with Gasteiger partial charge in [-0.15, -0.1) is 23.2 Å². The van der Waals surface area contributed by atoms with E-state index in [2.05, 4.69) is 20.3 Å². The average Bonchev–Trinajstić information content (AvgIpc) is 3.16. The number of amides is 3. The number of benzene rings is 2. The van der Waals surface area contributed by atoms with Crippen LogP contribution in [0.15, 0.2) is 42.6 Å². The number of alkyl halides is 2. The molecule has 1 unspecified atom stereocenters. The van der Waals surface area contributed by atoms with E-state index in [-0.39, 0.29) is 21.2 Å². The molecule has 1 aromatic heterocycles. The SMILES string of the molecule is O=C(Nc1c(F)ccc(NC(=O)c2cc(NC(=O)C3CC3(Cl)Cl)ccc2Cl)c1F)c1ccns1. The number of aromatic nitrogens is 1. The minimum Gasteiger partial charge on any atom is -0.326 e. The van der Waals surface area contributed by atoms with Crippen molar-refractivity contribution in [3.05, 3.63) is 69.7 Å². The molecule has 0 aliphatic heterocycles. The maximum atomic E-state index is 14.9. The zero-order chi connectivity index (χ0) is 24.6. The lowest BCUT2D eigenvalue weighted by Crippen LogP contribution is -2.19. The molecule has 7 nitrogen and oxygen atoms in total. The molecular weight excluding hydrogens is 533 g/mol. The summed E-state index contributed by atoms with van der Waals surface area (Å²) in [6.45, 7) is 0. The molecule has 1 atom stereocenters. The largest absolute Gasteiger partial charge is 0.326 e. The van der Waals surface area contributed by atoms with Crippen molar-refractivity contribution in [3.8, 4) is 0 Å². The lowest BCUT2D eigenvalue weighted by molar-refractivity contribution is -0.117. The van der Waals surface area contributed by atoms with E-state index in [0.29, 0.717) is 6.42 Å². The Balaban J connectivity index is 1.52. The number of hydrogen-bond donors (Lipinski definition) is 3. The van der Waals surface area contributed by atoms with Gasteiger partial charge in [0.1, 0.15) is 20.7 Å². The van der Waals surface area contributed by atoms with Crippen LogP contribution in [0.3, 0.4) is 0 Å². The molecule has 3 aromatic rings. The van der Waals surface area contributed by atoms with Gasteiger partial charge in [0.05, 0.1) is 22.2 Å². The van der Waals surface area contributed by atoms with Gasteiger partial charge in [0.2, 0.25) is 5.91 Å². The summed E-state index contributed by atoms with van der Waals surface area (Å²) in [6, 6.07) is 7.40. The Morgan fingerprint density at radius 3 is 2.41 bits per heavy atom. The molecule has 1 aliphatic carbocycles. The van der Waals surface area contributed by atoms with Crippen LogP contribution in [0.1, 0.15) is 26.5 Å². The quantitative estimate of drug-likeness (QED) is 0.345. The Morgan fingerprint density at radius 2 is 1.76 bits per heavy atom. The van der Waals surface area contributed by atoms with Crippen LogP contribution in [0, 0.1) is 17.6 Å². The lowest BCUT2D eigenvalue weighted by Gasteiger charge is -2.13. The summed E-state index contributed by atoms with van der Waals surface area (Å²) in [7, 11) is 0. The topological polar surface area (TPSA) is 100 Å². The average molecular weight is 546 g/mol. The normalized spacial score (nSPS) is 16.0. The molecule has 34 heavy (non-hydrogen) atoms. The monoisotopic (exact) mass is 544 g/mol. The zero-order valence-corrected chi connectivity index (χ0v) is 19.9. The van der Waals surface area contributed by atoms with Gasteiger partial charge in [-0.2, -0.15) is 0 Å². The summed E-state index contributed by atoms with van der Waals surface area (Å²) in [5.74, 6) is -4.84. The van der Waals surface area contributed by atoms with Gasteiger partial charge in [-0.1, -0.05) is 11.6 Å². The second-order valence-electron chi connectivity index (χ2n) is 7.27. The molecular formula is C21H13Cl3F2N4O3S. The molecule has 176 valence electrons. The minimum atomic E-state index is -1.19. The summed E-state index contributed by atoms with van der Waals surface area (Å²) < 4.78 is 31.8. The number of carbonyl (C=O) groups excluding carboxylic acids is 3. The number of halogens is 5. The summed E-state index contributed by atoms with van der Waals surface area (Å²) in [4.78, 5) is 37.3. The van der Waals surface area contributed by atoms with Crippen molar-refractivity contribution >= 4 is 81.1 Å². The number of nitrogens with one attached hydrogen (secondary N) is 3. The van der Waals surface area contributed by atoms with Crippen molar-refractivity contribution in [2.24, 2.45) is 5.92 Å².